The molecule has 7 N–H and O–H groups in total. The van der Waals surface area contributed by atoms with Gasteiger partial charge >= 0.3 is 0 Å². The van der Waals surface area contributed by atoms with Gasteiger partial charge in [0.1, 0.15) is 52.6 Å². The number of fused-ring (bicyclic) bond motifs is 1. The van der Waals surface area contributed by atoms with E-state index in [1.807, 2.05) is 0 Å². The van der Waals surface area contributed by atoms with Crippen LogP contribution in [0.2, 0.25) is 0 Å². The maximum atomic E-state index is 12.4. The third-order valence-electron chi connectivity index (χ3n) is 5.13. The van der Waals surface area contributed by atoms with Crippen molar-refractivity contribution in [2.24, 2.45) is 0 Å². The fourth-order valence-corrected chi connectivity index (χ4v) is 3.46. The molecule has 0 radical (unpaired) electrons. The van der Waals surface area contributed by atoms with Crippen LogP contribution in [0.4, 0.5) is 0 Å². The van der Waals surface area contributed by atoms with Crippen molar-refractivity contribution in [2.75, 3.05) is 6.61 Å². The van der Waals surface area contributed by atoms with Crippen LogP contribution in [0.3, 0.4) is 0 Å². The topological polar surface area (TPSA) is 190 Å². The quantitative estimate of drug-likeness (QED) is 0.279. The third kappa shape index (κ3) is 3.83. The molecule has 0 bridgehead atoms. The lowest BCUT2D eigenvalue weighted by molar-refractivity contribution is -0.277. The van der Waals surface area contributed by atoms with Crippen LogP contribution >= 0.6 is 0 Å². The number of phenolic OH excluding ortho intramolecular Hbond substituents is 3. The van der Waals surface area contributed by atoms with Gasteiger partial charge in [-0.25, -0.2) is 0 Å². The van der Waals surface area contributed by atoms with E-state index in [1.165, 1.54) is 18.2 Å². The van der Waals surface area contributed by atoms with Crippen LogP contribution < -0.4 is 10.2 Å². The summed E-state index contributed by atoms with van der Waals surface area (Å²) in [6.45, 7) is -0.637. The molecule has 1 fully saturated rings. The van der Waals surface area contributed by atoms with E-state index in [4.69, 9.17) is 13.9 Å². The number of aliphatic hydroxyl groups is 4. The molecule has 11 nitrogen and oxygen atoms in total. The fourth-order valence-electron chi connectivity index (χ4n) is 3.46. The Kier molecular flexibility index (Phi) is 5.67. The number of aromatic hydroxyl groups is 3. The van der Waals surface area contributed by atoms with Crippen molar-refractivity contribution in [2.45, 2.75) is 30.7 Å². The molecule has 0 aliphatic carbocycles. The Balaban J connectivity index is 1.64. The lowest BCUT2D eigenvalue weighted by Gasteiger charge is -2.39. The summed E-state index contributed by atoms with van der Waals surface area (Å²) in [7, 11) is 0. The van der Waals surface area contributed by atoms with Crippen LogP contribution in [0.1, 0.15) is 0 Å². The smallest absolute Gasteiger partial charge is 0.229 e. The highest BCUT2D eigenvalue weighted by Gasteiger charge is 2.44. The minimum atomic E-state index is -1.66. The van der Waals surface area contributed by atoms with E-state index >= 15 is 0 Å². The standard InChI is InChI=1S/C21H20O11/c22-7-16-18(27)19(28)20(29)21(32-16)31-13-2-1-8(3-10(13)24)14-6-12(26)17-11(25)4-9(23)5-15(17)30-14/h1-6,16,18-25,27-29H,7H2/t16?,18-,19?,20?,21-/m1/s1. The number of hydrogen-bond acceptors (Lipinski definition) is 11. The highest BCUT2D eigenvalue weighted by Crippen LogP contribution is 2.35. The van der Waals surface area contributed by atoms with Crippen LogP contribution in [-0.2, 0) is 4.74 Å². The first-order valence-corrected chi connectivity index (χ1v) is 9.50. The first-order valence-electron chi connectivity index (χ1n) is 9.50. The number of aliphatic hydroxyl groups excluding tert-OH is 4. The monoisotopic (exact) mass is 448 g/mol. The molecule has 0 amide bonds. The summed E-state index contributed by atoms with van der Waals surface area (Å²) in [5.74, 6) is -1.30. The molecule has 2 aromatic carbocycles. The average Bonchev–Trinajstić information content (AvgIpc) is 2.74. The highest BCUT2D eigenvalue weighted by atomic mass is 16.7. The number of ether oxygens (including phenoxy) is 2. The first-order chi connectivity index (χ1) is 15.2. The predicted octanol–water partition coefficient (Wildman–Crippen LogP) is -0.245. The maximum absolute atomic E-state index is 12.4. The van der Waals surface area contributed by atoms with Crippen LogP contribution in [0.25, 0.3) is 22.3 Å². The maximum Gasteiger partial charge on any atom is 0.229 e. The van der Waals surface area contributed by atoms with Crippen molar-refractivity contribution in [1.29, 1.82) is 0 Å². The van der Waals surface area contributed by atoms with Gasteiger partial charge in [-0.3, -0.25) is 4.79 Å². The molecule has 0 saturated carbocycles. The molecule has 3 unspecified atom stereocenters. The van der Waals surface area contributed by atoms with Crippen LogP contribution in [0.5, 0.6) is 23.0 Å². The molecular formula is C21H20O11. The Morgan fingerprint density at radius 1 is 0.906 bits per heavy atom. The molecule has 1 saturated heterocycles. The summed E-state index contributed by atoms with van der Waals surface area (Å²) < 4.78 is 16.2. The molecule has 2 heterocycles. The van der Waals surface area contributed by atoms with Gasteiger partial charge in [-0.1, -0.05) is 0 Å². The second-order valence-electron chi connectivity index (χ2n) is 7.31. The number of hydrogen-bond donors (Lipinski definition) is 7. The van der Waals surface area contributed by atoms with Crippen molar-refractivity contribution < 1.29 is 49.6 Å². The normalized spacial score (nSPS) is 25.7. The largest absolute Gasteiger partial charge is 0.508 e. The highest BCUT2D eigenvalue weighted by molar-refractivity contribution is 5.86. The van der Waals surface area contributed by atoms with Gasteiger partial charge in [0.2, 0.25) is 6.29 Å². The summed E-state index contributed by atoms with van der Waals surface area (Å²) in [4.78, 5) is 12.4. The van der Waals surface area contributed by atoms with Gasteiger partial charge in [-0.15, -0.1) is 0 Å². The summed E-state index contributed by atoms with van der Waals surface area (Å²) in [5.41, 5.74) is -0.378. The van der Waals surface area contributed by atoms with Gasteiger partial charge in [-0.05, 0) is 18.2 Å². The molecule has 3 aromatic rings. The van der Waals surface area contributed by atoms with Crippen molar-refractivity contribution in [1.82, 2.24) is 0 Å². The van der Waals surface area contributed by atoms with Crippen molar-refractivity contribution >= 4 is 11.0 Å². The lowest BCUT2D eigenvalue weighted by atomic mass is 9.99. The molecule has 5 atom stereocenters. The first kappa shape index (κ1) is 21.9. The van der Waals surface area contributed by atoms with E-state index in [0.29, 0.717) is 0 Å². The van der Waals surface area contributed by atoms with Crippen molar-refractivity contribution in [3.8, 4) is 34.3 Å². The second kappa shape index (κ2) is 8.30. The zero-order chi connectivity index (χ0) is 23.2. The van der Waals surface area contributed by atoms with Gasteiger partial charge in [-0.2, -0.15) is 0 Å². The fraction of sp³-hybridized carbons (Fsp3) is 0.286. The van der Waals surface area contributed by atoms with Gasteiger partial charge in [0.15, 0.2) is 16.9 Å². The Labute approximate surface area is 179 Å². The summed E-state index contributed by atoms with van der Waals surface area (Å²) in [6, 6.07) is 7.19. The molecule has 1 aromatic heterocycles. The predicted molar refractivity (Wildman–Crippen MR) is 107 cm³/mol. The molecular weight excluding hydrogens is 428 g/mol. The van der Waals surface area contributed by atoms with E-state index in [9.17, 15) is 40.5 Å². The summed E-state index contributed by atoms with van der Waals surface area (Å²) in [6.07, 6.45) is -7.54. The van der Waals surface area contributed by atoms with Gasteiger partial charge < -0.3 is 49.6 Å². The zero-order valence-electron chi connectivity index (χ0n) is 16.3. The van der Waals surface area contributed by atoms with Crippen LogP contribution in [-0.4, -0.2) is 73.1 Å². The Hall–Kier alpha value is -3.35. The summed E-state index contributed by atoms with van der Waals surface area (Å²) >= 11 is 0. The molecule has 1 aliphatic rings. The molecule has 32 heavy (non-hydrogen) atoms. The van der Waals surface area contributed by atoms with E-state index < -0.39 is 54.2 Å². The van der Waals surface area contributed by atoms with E-state index in [1.54, 1.807) is 0 Å². The lowest BCUT2D eigenvalue weighted by Crippen LogP contribution is -2.60. The van der Waals surface area contributed by atoms with Crippen molar-refractivity contribution in [3.05, 3.63) is 46.6 Å². The van der Waals surface area contributed by atoms with E-state index in [0.717, 1.165) is 18.2 Å². The molecule has 4 rings (SSSR count). The number of rotatable bonds is 4. The Morgan fingerprint density at radius 2 is 1.66 bits per heavy atom. The average molecular weight is 448 g/mol. The molecule has 1 aliphatic heterocycles. The van der Waals surface area contributed by atoms with Gasteiger partial charge in [0.25, 0.3) is 0 Å². The minimum Gasteiger partial charge on any atom is -0.508 e. The van der Waals surface area contributed by atoms with E-state index in [-0.39, 0.29) is 33.8 Å². The van der Waals surface area contributed by atoms with Crippen LogP contribution in [0, 0.1) is 0 Å². The van der Waals surface area contributed by atoms with Gasteiger partial charge in [0, 0.05) is 23.8 Å². The Morgan fingerprint density at radius 3 is 2.34 bits per heavy atom. The number of benzene rings is 2. The number of phenols is 3. The van der Waals surface area contributed by atoms with Crippen LogP contribution in [0.15, 0.2) is 45.6 Å². The molecule has 0 spiro atoms. The van der Waals surface area contributed by atoms with Crippen molar-refractivity contribution in [3.63, 3.8) is 0 Å². The Bertz CT molecular complexity index is 1200. The molecule has 170 valence electrons. The third-order valence-corrected chi connectivity index (χ3v) is 5.13. The SMILES string of the molecule is O=c1cc(-c2ccc(O[C@@H]3OC(CO)[C@@H](O)C(O)C3O)c(O)c2)oc2cc(O)cc(O)c12. The summed E-state index contributed by atoms with van der Waals surface area (Å²) in [5, 5.41) is 68.7. The zero-order valence-corrected chi connectivity index (χ0v) is 16.3. The molecule has 11 heteroatoms. The minimum absolute atomic E-state index is 0.0298. The van der Waals surface area contributed by atoms with Gasteiger partial charge in [0.05, 0.1) is 6.61 Å². The second-order valence-corrected chi connectivity index (χ2v) is 7.31. The van der Waals surface area contributed by atoms with E-state index in [2.05, 4.69) is 0 Å².